The number of nitrogens with two attached hydrogens (primary N) is 1. The highest BCUT2D eigenvalue weighted by molar-refractivity contribution is 7.89. The third kappa shape index (κ3) is 4.07. The van der Waals surface area contributed by atoms with Crippen LogP contribution in [0.25, 0.3) is 0 Å². The number of rotatable bonds is 6. The van der Waals surface area contributed by atoms with Gasteiger partial charge in [0.1, 0.15) is 0 Å². The topological polar surface area (TPSA) is 92.4 Å². The van der Waals surface area contributed by atoms with Crippen molar-refractivity contribution < 1.29 is 13.5 Å². The molecule has 5 nitrogen and oxygen atoms in total. The molecule has 2 unspecified atom stereocenters. The maximum atomic E-state index is 12.2. The van der Waals surface area contributed by atoms with Gasteiger partial charge < -0.3 is 10.8 Å². The van der Waals surface area contributed by atoms with E-state index in [-0.39, 0.29) is 23.1 Å². The van der Waals surface area contributed by atoms with Crippen LogP contribution >= 0.6 is 11.6 Å². The fraction of sp³-hybridized carbons (Fsp3) is 0.500. The van der Waals surface area contributed by atoms with E-state index in [0.29, 0.717) is 5.02 Å². The molecule has 0 aromatic heterocycles. The summed E-state index contributed by atoms with van der Waals surface area (Å²) in [6.07, 6.45) is 0.760. The molecule has 0 amide bonds. The van der Waals surface area contributed by atoms with E-state index in [1.54, 1.807) is 0 Å². The van der Waals surface area contributed by atoms with Crippen LogP contribution in [0.15, 0.2) is 23.1 Å². The Bertz CT molecular complexity index is 534. The van der Waals surface area contributed by atoms with Gasteiger partial charge in [0.05, 0.1) is 22.2 Å². The van der Waals surface area contributed by atoms with Gasteiger partial charge in [-0.3, -0.25) is 0 Å². The minimum Gasteiger partial charge on any atom is -0.397 e. The van der Waals surface area contributed by atoms with Crippen molar-refractivity contribution in [3.05, 3.63) is 23.2 Å². The Morgan fingerprint density at radius 2 is 2.11 bits per heavy atom. The minimum atomic E-state index is -3.71. The van der Waals surface area contributed by atoms with Crippen molar-refractivity contribution in [3.63, 3.8) is 0 Å². The number of benzene rings is 1. The quantitative estimate of drug-likeness (QED) is 0.696. The molecule has 19 heavy (non-hydrogen) atoms. The average Bonchev–Trinajstić information content (AvgIpc) is 2.38. The second-order valence-electron chi connectivity index (χ2n) is 4.48. The van der Waals surface area contributed by atoms with Crippen LogP contribution < -0.4 is 10.5 Å². The number of nitrogens with one attached hydrogen (secondary N) is 1. The molecule has 7 heteroatoms. The summed E-state index contributed by atoms with van der Waals surface area (Å²) in [4.78, 5) is 0.0381. The van der Waals surface area contributed by atoms with Crippen LogP contribution in [0.3, 0.4) is 0 Å². The molecule has 0 aliphatic heterocycles. The van der Waals surface area contributed by atoms with Gasteiger partial charge in [-0.1, -0.05) is 31.9 Å². The van der Waals surface area contributed by atoms with Gasteiger partial charge in [-0.2, -0.15) is 0 Å². The largest absolute Gasteiger partial charge is 0.397 e. The predicted molar refractivity (Wildman–Crippen MR) is 76.5 cm³/mol. The molecule has 108 valence electrons. The molecule has 0 radical (unpaired) electrons. The Labute approximate surface area is 118 Å². The lowest BCUT2D eigenvalue weighted by Gasteiger charge is -2.22. The van der Waals surface area contributed by atoms with Crippen molar-refractivity contribution in [1.29, 1.82) is 0 Å². The van der Waals surface area contributed by atoms with E-state index in [1.165, 1.54) is 18.2 Å². The van der Waals surface area contributed by atoms with E-state index in [0.717, 1.165) is 6.42 Å². The zero-order valence-corrected chi connectivity index (χ0v) is 12.5. The van der Waals surface area contributed by atoms with Crippen LogP contribution in [-0.2, 0) is 10.0 Å². The lowest BCUT2D eigenvalue weighted by molar-refractivity contribution is 0.219. The Morgan fingerprint density at radius 3 is 2.58 bits per heavy atom. The molecular formula is C12H19ClN2O3S. The summed E-state index contributed by atoms with van der Waals surface area (Å²) in [5, 5.41) is 9.57. The van der Waals surface area contributed by atoms with E-state index in [1.807, 2.05) is 13.8 Å². The molecule has 0 spiro atoms. The van der Waals surface area contributed by atoms with Crippen molar-refractivity contribution in [2.45, 2.75) is 31.2 Å². The molecule has 1 rings (SSSR count). The normalized spacial score (nSPS) is 15.2. The smallest absolute Gasteiger partial charge is 0.240 e. The lowest BCUT2D eigenvalue weighted by atomic mass is 10.0. The molecule has 1 aromatic carbocycles. The Balaban J connectivity index is 3.00. The maximum absolute atomic E-state index is 12.2. The van der Waals surface area contributed by atoms with Crippen molar-refractivity contribution in [2.24, 2.45) is 5.92 Å². The van der Waals surface area contributed by atoms with E-state index in [4.69, 9.17) is 17.3 Å². The van der Waals surface area contributed by atoms with Gasteiger partial charge in [-0.25, -0.2) is 13.1 Å². The van der Waals surface area contributed by atoms with Gasteiger partial charge in [0.15, 0.2) is 0 Å². The van der Waals surface area contributed by atoms with Gasteiger partial charge in [0.25, 0.3) is 0 Å². The number of hydrogen-bond acceptors (Lipinski definition) is 4. The van der Waals surface area contributed by atoms with Crippen molar-refractivity contribution in [2.75, 3.05) is 12.3 Å². The van der Waals surface area contributed by atoms with E-state index >= 15 is 0 Å². The van der Waals surface area contributed by atoms with Crippen molar-refractivity contribution >= 4 is 27.3 Å². The first kappa shape index (κ1) is 16.2. The molecule has 0 aliphatic rings. The number of aliphatic hydroxyl groups excluding tert-OH is 1. The minimum absolute atomic E-state index is 0.0319. The molecule has 0 saturated heterocycles. The van der Waals surface area contributed by atoms with Gasteiger partial charge in [0, 0.05) is 6.04 Å². The third-order valence-corrected chi connectivity index (χ3v) is 4.94. The van der Waals surface area contributed by atoms with E-state index in [9.17, 15) is 13.5 Å². The van der Waals surface area contributed by atoms with Crippen LogP contribution in [0.2, 0.25) is 5.02 Å². The summed E-state index contributed by atoms with van der Waals surface area (Å²) in [7, 11) is -3.71. The van der Waals surface area contributed by atoms with Crippen molar-refractivity contribution in [3.8, 4) is 0 Å². The molecule has 0 heterocycles. The zero-order chi connectivity index (χ0) is 14.6. The van der Waals surface area contributed by atoms with Crippen LogP contribution in [0.5, 0.6) is 0 Å². The average molecular weight is 307 g/mol. The van der Waals surface area contributed by atoms with Gasteiger partial charge in [-0.15, -0.1) is 0 Å². The molecule has 0 aliphatic carbocycles. The highest BCUT2D eigenvalue weighted by Crippen LogP contribution is 2.22. The van der Waals surface area contributed by atoms with Crippen LogP contribution in [0.1, 0.15) is 20.3 Å². The number of hydrogen-bond donors (Lipinski definition) is 3. The van der Waals surface area contributed by atoms with E-state index < -0.39 is 16.1 Å². The number of nitrogen functional groups attached to an aromatic ring is 1. The number of anilines is 1. The van der Waals surface area contributed by atoms with Crippen LogP contribution in [-0.4, -0.2) is 26.2 Å². The van der Waals surface area contributed by atoms with Crippen LogP contribution in [0.4, 0.5) is 5.69 Å². The van der Waals surface area contributed by atoms with Gasteiger partial charge >= 0.3 is 0 Å². The molecule has 2 atom stereocenters. The summed E-state index contributed by atoms with van der Waals surface area (Å²) in [6, 6.07) is 3.59. The molecule has 1 aromatic rings. The predicted octanol–water partition coefficient (Wildman–Crippen LogP) is 1.61. The van der Waals surface area contributed by atoms with Crippen LogP contribution in [0, 0.1) is 5.92 Å². The monoisotopic (exact) mass is 306 g/mol. The summed E-state index contributed by atoms with van der Waals surface area (Å²) < 4.78 is 26.8. The number of sulfonamides is 1. The fourth-order valence-electron chi connectivity index (χ4n) is 1.57. The molecule has 4 N–H and O–H groups in total. The fourth-order valence-corrected chi connectivity index (χ4v) is 3.06. The Morgan fingerprint density at radius 1 is 1.47 bits per heavy atom. The summed E-state index contributed by atoms with van der Waals surface area (Å²) in [5.74, 6) is 0.0319. The molecule has 0 bridgehead atoms. The van der Waals surface area contributed by atoms with E-state index in [2.05, 4.69) is 4.72 Å². The van der Waals surface area contributed by atoms with Crippen molar-refractivity contribution in [1.82, 2.24) is 4.72 Å². The first-order chi connectivity index (χ1) is 8.81. The lowest BCUT2D eigenvalue weighted by Crippen LogP contribution is -2.41. The molecule has 0 fully saturated rings. The maximum Gasteiger partial charge on any atom is 0.240 e. The molecular weight excluding hydrogens is 288 g/mol. The second kappa shape index (κ2) is 6.56. The number of halogens is 1. The summed E-state index contributed by atoms with van der Waals surface area (Å²) in [6.45, 7) is 3.55. The highest BCUT2D eigenvalue weighted by Gasteiger charge is 2.23. The Kier molecular flexibility index (Phi) is 5.61. The number of aliphatic hydroxyl groups is 1. The standard InChI is InChI=1S/C12H19ClN2O3S/c1-3-8(2)12(7-16)15-19(17,18)9-4-5-10(13)11(14)6-9/h4-6,8,12,15-16H,3,7,14H2,1-2H3. The Hall–Kier alpha value is -0.820. The SMILES string of the molecule is CCC(C)C(CO)NS(=O)(=O)c1ccc(Cl)c(N)c1. The summed E-state index contributed by atoms with van der Waals surface area (Å²) >= 11 is 5.76. The summed E-state index contributed by atoms with van der Waals surface area (Å²) in [5.41, 5.74) is 5.80. The third-order valence-electron chi connectivity index (χ3n) is 3.11. The van der Waals surface area contributed by atoms with Gasteiger partial charge in [0.2, 0.25) is 10.0 Å². The first-order valence-corrected chi connectivity index (χ1v) is 7.86. The highest BCUT2D eigenvalue weighted by atomic mass is 35.5. The molecule has 0 saturated carbocycles. The first-order valence-electron chi connectivity index (χ1n) is 6.00. The zero-order valence-electron chi connectivity index (χ0n) is 10.9. The second-order valence-corrected chi connectivity index (χ2v) is 6.60. The van der Waals surface area contributed by atoms with Gasteiger partial charge in [-0.05, 0) is 24.1 Å².